The largest absolute Gasteiger partial charge is 0.381 e. The van der Waals surface area contributed by atoms with Gasteiger partial charge in [-0.3, -0.25) is 0 Å². The van der Waals surface area contributed by atoms with Gasteiger partial charge in [0.1, 0.15) is 0 Å². The van der Waals surface area contributed by atoms with Crippen molar-refractivity contribution in [3.63, 3.8) is 0 Å². The Bertz CT molecular complexity index is 14.4. The molecule has 0 aromatic carbocycles. The SMILES string of the molecule is COCPC. The molecule has 0 radical (unpaired) electrons. The summed E-state index contributed by atoms with van der Waals surface area (Å²) >= 11 is 0. The van der Waals surface area contributed by atoms with Gasteiger partial charge in [0.15, 0.2) is 0 Å². The van der Waals surface area contributed by atoms with Gasteiger partial charge < -0.3 is 4.74 Å². The number of hydrogen-bond donors (Lipinski definition) is 0. The van der Waals surface area contributed by atoms with Crippen LogP contribution in [0.1, 0.15) is 0 Å². The Balaban J connectivity index is 2.19. The molecule has 1 atom stereocenters. The van der Waals surface area contributed by atoms with Crippen LogP contribution >= 0.6 is 8.58 Å². The Kier molecular flexibility index (Phi) is 4.73. The molecule has 0 spiro atoms. The highest BCUT2D eigenvalue weighted by Gasteiger charge is 1.65. The van der Waals surface area contributed by atoms with Crippen molar-refractivity contribution in [1.82, 2.24) is 0 Å². The molecule has 0 aromatic rings. The molecule has 2 heteroatoms. The van der Waals surface area contributed by atoms with Crippen LogP contribution in [0.15, 0.2) is 0 Å². The Hall–Kier alpha value is 0.390. The number of ether oxygens (including phenoxy) is 1. The third-order valence-corrected chi connectivity index (χ3v) is 0.866. The molecule has 5 heavy (non-hydrogen) atoms. The van der Waals surface area contributed by atoms with E-state index < -0.39 is 0 Å². The highest BCUT2D eigenvalue weighted by molar-refractivity contribution is 7.36. The first-order chi connectivity index (χ1) is 2.41. The Morgan fingerprint density at radius 2 is 2.40 bits per heavy atom. The smallest absolute Gasteiger partial charge is 0.0624 e. The van der Waals surface area contributed by atoms with Gasteiger partial charge in [-0.25, -0.2) is 0 Å². The maximum absolute atomic E-state index is 4.70. The van der Waals surface area contributed by atoms with E-state index in [0.29, 0.717) is 0 Å². The Morgan fingerprint density at radius 1 is 1.80 bits per heavy atom. The molecular weight excluding hydrogens is 83.0 g/mol. The summed E-state index contributed by atoms with van der Waals surface area (Å²) in [5.41, 5.74) is 0. The molecule has 32 valence electrons. The summed E-state index contributed by atoms with van der Waals surface area (Å²) in [4.78, 5) is 0. The third kappa shape index (κ3) is 4.39. The molecule has 0 amide bonds. The highest BCUT2D eigenvalue weighted by Crippen LogP contribution is 1.97. The Morgan fingerprint density at radius 3 is 2.40 bits per heavy atom. The summed E-state index contributed by atoms with van der Waals surface area (Å²) < 4.78 is 4.70. The van der Waals surface area contributed by atoms with Crippen LogP contribution in [0.5, 0.6) is 0 Å². The van der Waals surface area contributed by atoms with E-state index in [2.05, 4.69) is 6.66 Å². The molecule has 0 N–H and O–H groups in total. The van der Waals surface area contributed by atoms with Crippen molar-refractivity contribution < 1.29 is 4.74 Å². The fourth-order valence-corrected chi connectivity index (χ4v) is 0.433. The van der Waals surface area contributed by atoms with Crippen LogP contribution in [-0.2, 0) is 4.74 Å². The third-order valence-electron chi connectivity index (χ3n) is 0.289. The topological polar surface area (TPSA) is 9.23 Å². The van der Waals surface area contributed by atoms with Crippen LogP contribution in [0.25, 0.3) is 0 Å². The molecule has 0 bridgehead atoms. The zero-order chi connectivity index (χ0) is 4.12. The molecule has 0 fully saturated rings. The van der Waals surface area contributed by atoms with Gasteiger partial charge in [0, 0.05) is 7.11 Å². The Labute approximate surface area is 34.5 Å². The summed E-state index contributed by atoms with van der Waals surface area (Å²) in [5, 5.41) is 0. The van der Waals surface area contributed by atoms with Gasteiger partial charge in [0.2, 0.25) is 0 Å². The first kappa shape index (κ1) is 5.39. The number of methoxy groups -OCH3 is 1. The van der Waals surface area contributed by atoms with Crippen LogP contribution in [0.2, 0.25) is 0 Å². The lowest BCUT2D eigenvalue weighted by Gasteiger charge is -1.85. The second-order valence-corrected chi connectivity index (χ2v) is 1.78. The molecule has 1 nitrogen and oxygen atoms in total. The minimum atomic E-state index is 0.917. The highest BCUT2D eigenvalue weighted by atomic mass is 31.1. The monoisotopic (exact) mass is 92.0 g/mol. The first-order valence-electron chi connectivity index (χ1n) is 1.55. The van der Waals surface area contributed by atoms with Crippen LogP contribution < -0.4 is 0 Å². The molecule has 0 rings (SSSR count). The van der Waals surface area contributed by atoms with Crippen LogP contribution in [0.3, 0.4) is 0 Å². The minimum absolute atomic E-state index is 0.917. The number of hydrogen-bond acceptors (Lipinski definition) is 1. The molecule has 0 aliphatic heterocycles. The summed E-state index contributed by atoms with van der Waals surface area (Å²) in [6.07, 6.45) is 0.917. The molecule has 0 saturated heterocycles. The standard InChI is InChI=1S/C3H9OP/c1-4-3-5-2/h5H,3H2,1-2H3. The van der Waals surface area contributed by atoms with Gasteiger partial charge in [-0.2, -0.15) is 0 Å². The van der Waals surface area contributed by atoms with E-state index in [1.807, 2.05) is 0 Å². The summed E-state index contributed by atoms with van der Waals surface area (Å²) in [6, 6.07) is 0. The zero-order valence-corrected chi connectivity index (χ0v) is 4.62. The van der Waals surface area contributed by atoms with E-state index in [4.69, 9.17) is 4.74 Å². The summed E-state index contributed by atoms with van der Waals surface area (Å²) in [6.45, 7) is 2.11. The normalized spacial score (nSPS) is 10.8. The number of rotatable bonds is 2. The summed E-state index contributed by atoms with van der Waals surface area (Å²) in [5.74, 6) is 0. The first-order valence-corrected chi connectivity index (χ1v) is 3.26. The van der Waals surface area contributed by atoms with E-state index in [1.165, 1.54) is 0 Å². The molecule has 0 saturated carbocycles. The van der Waals surface area contributed by atoms with Crippen LogP contribution in [0, 0.1) is 0 Å². The second-order valence-electron chi connectivity index (χ2n) is 0.787. The van der Waals surface area contributed by atoms with Crippen molar-refractivity contribution in [2.75, 3.05) is 20.1 Å². The maximum Gasteiger partial charge on any atom is 0.0624 e. The fraction of sp³-hybridized carbons (Fsp3) is 1.00. The average molecular weight is 92.1 g/mol. The van der Waals surface area contributed by atoms with Gasteiger partial charge in [0.25, 0.3) is 0 Å². The molecule has 0 heterocycles. The van der Waals surface area contributed by atoms with Gasteiger partial charge >= 0.3 is 0 Å². The second kappa shape index (κ2) is 4.39. The fourth-order valence-electron chi connectivity index (χ4n) is 0.144. The van der Waals surface area contributed by atoms with Gasteiger partial charge in [-0.1, -0.05) is 8.58 Å². The van der Waals surface area contributed by atoms with Crippen LogP contribution in [-0.4, -0.2) is 20.1 Å². The van der Waals surface area contributed by atoms with E-state index >= 15 is 0 Å². The van der Waals surface area contributed by atoms with Gasteiger partial charge in [0.05, 0.1) is 6.35 Å². The average Bonchev–Trinajstić information content (AvgIpc) is 1.41. The van der Waals surface area contributed by atoms with E-state index in [-0.39, 0.29) is 0 Å². The lowest BCUT2D eigenvalue weighted by Crippen LogP contribution is -1.72. The van der Waals surface area contributed by atoms with E-state index in [0.717, 1.165) is 14.9 Å². The van der Waals surface area contributed by atoms with E-state index in [1.54, 1.807) is 7.11 Å². The molecule has 0 aliphatic carbocycles. The van der Waals surface area contributed by atoms with Crippen molar-refractivity contribution in [2.24, 2.45) is 0 Å². The minimum Gasteiger partial charge on any atom is -0.381 e. The van der Waals surface area contributed by atoms with Crippen molar-refractivity contribution in [2.45, 2.75) is 0 Å². The predicted molar refractivity (Wildman–Crippen MR) is 26.1 cm³/mol. The van der Waals surface area contributed by atoms with E-state index in [9.17, 15) is 0 Å². The molecule has 0 aromatic heterocycles. The zero-order valence-electron chi connectivity index (χ0n) is 3.62. The van der Waals surface area contributed by atoms with Crippen LogP contribution in [0.4, 0.5) is 0 Å². The van der Waals surface area contributed by atoms with Crippen molar-refractivity contribution >= 4 is 8.58 Å². The maximum atomic E-state index is 4.70. The molecule has 0 aliphatic rings. The van der Waals surface area contributed by atoms with Crippen molar-refractivity contribution in [3.8, 4) is 0 Å². The van der Waals surface area contributed by atoms with Crippen molar-refractivity contribution in [1.29, 1.82) is 0 Å². The summed E-state index contributed by atoms with van der Waals surface area (Å²) in [7, 11) is 2.65. The van der Waals surface area contributed by atoms with Gasteiger partial charge in [-0.05, 0) is 6.66 Å². The predicted octanol–water partition coefficient (Wildman–Crippen LogP) is 0.899. The molecule has 1 unspecified atom stereocenters. The lowest BCUT2D eigenvalue weighted by atomic mass is 11.5. The lowest BCUT2D eigenvalue weighted by molar-refractivity contribution is 0.257. The quantitative estimate of drug-likeness (QED) is 0.460. The molecular formula is C3H9OP. The van der Waals surface area contributed by atoms with Crippen molar-refractivity contribution in [3.05, 3.63) is 0 Å². The van der Waals surface area contributed by atoms with Gasteiger partial charge in [-0.15, -0.1) is 0 Å².